The van der Waals surface area contributed by atoms with E-state index < -0.39 is 29.3 Å². The summed E-state index contributed by atoms with van der Waals surface area (Å²) in [7, 11) is 0. The first-order chi connectivity index (χ1) is 12.3. The molecule has 2 N–H and O–H groups in total. The van der Waals surface area contributed by atoms with Gasteiger partial charge in [-0.3, -0.25) is 30.6 Å². The molecule has 0 aliphatic carbocycles. The van der Waals surface area contributed by atoms with Crippen molar-refractivity contribution in [2.24, 2.45) is 0 Å². The Labute approximate surface area is 151 Å². The van der Waals surface area contributed by atoms with Gasteiger partial charge in [-0.1, -0.05) is 6.07 Å². The number of hydrazine groups is 1. The number of hydrogen-bond donors (Lipinski definition) is 2. The predicted molar refractivity (Wildman–Crippen MR) is 90.6 cm³/mol. The largest absolute Gasteiger partial charge is 0.451 e. The van der Waals surface area contributed by atoms with Crippen molar-refractivity contribution in [1.82, 2.24) is 15.8 Å². The Kier molecular flexibility index (Phi) is 5.96. The summed E-state index contributed by atoms with van der Waals surface area (Å²) in [4.78, 5) is 49.8. The van der Waals surface area contributed by atoms with Crippen molar-refractivity contribution in [1.29, 1.82) is 0 Å². The van der Waals surface area contributed by atoms with Crippen molar-refractivity contribution < 1.29 is 24.0 Å². The fourth-order valence-corrected chi connectivity index (χ4v) is 2.73. The molecule has 0 saturated heterocycles. The van der Waals surface area contributed by atoms with Crippen molar-refractivity contribution in [2.75, 3.05) is 6.61 Å². The molecule has 0 spiro atoms. The van der Waals surface area contributed by atoms with Crippen LogP contribution in [0.2, 0.25) is 0 Å². The van der Waals surface area contributed by atoms with E-state index in [0.29, 0.717) is 15.6 Å². The Morgan fingerprint density at radius 1 is 1.27 bits per heavy atom. The number of non-ortho nitro benzene ring substituents is 1. The third kappa shape index (κ3) is 4.83. The fraction of sp³-hybridized carbons (Fsp3) is 0.200. The molecule has 26 heavy (non-hydrogen) atoms. The monoisotopic (exact) mass is 378 g/mol. The maximum atomic E-state index is 11.9. The number of nitrogens with zero attached hydrogens (tertiary/aromatic N) is 2. The lowest BCUT2D eigenvalue weighted by Gasteiger charge is -2.08. The molecular formula is C15H14N4O6S. The number of benzene rings is 1. The maximum absolute atomic E-state index is 11.9. The molecule has 10 nitrogen and oxygen atoms in total. The van der Waals surface area contributed by atoms with Crippen molar-refractivity contribution in [3.05, 3.63) is 55.5 Å². The molecule has 2 amide bonds. The smallest absolute Gasteiger partial charge is 0.350 e. The zero-order chi connectivity index (χ0) is 19.3. The molecule has 1 heterocycles. The molecule has 0 unspecified atom stereocenters. The van der Waals surface area contributed by atoms with Crippen LogP contribution in [0, 0.1) is 24.0 Å². The second kappa shape index (κ2) is 8.16. The Bertz CT molecular complexity index is 879. The van der Waals surface area contributed by atoms with Gasteiger partial charge < -0.3 is 4.74 Å². The van der Waals surface area contributed by atoms with Crippen LogP contribution in [0.4, 0.5) is 5.69 Å². The zero-order valence-electron chi connectivity index (χ0n) is 13.8. The zero-order valence-corrected chi connectivity index (χ0v) is 14.6. The minimum atomic E-state index is -0.768. The summed E-state index contributed by atoms with van der Waals surface area (Å²) in [5.74, 6) is -2.20. The Morgan fingerprint density at radius 3 is 2.62 bits per heavy atom. The number of nitrogens with one attached hydrogen (secondary N) is 2. The molecule has 0 bridgehead atoms. The Morgan fingerprint density at radius 2 is 2.00 bits per heavy atom. The van der Waals surface area contributed by atoms with Gasteiger partial charge in [0.05, 0.1) is 15.6 Å². The number of aryl methyl sites for hydroxylation is 2. The van der Waals surface area contributed by atoms with Crippen molar-refractivity contribution in [3.63, 3.8) is 0 Å². The number of nitro groups is 1. The molecule has 1 aromatic carbocycles. The average molecular weight is 378 g/mol. The molecule has 0 saturated carbocycles. The summed E-state index contributed by atoms with van der Waals surface area (Å²) in [6.45, 7) is 2.79. The topological polar surface area (TPSA) is 141 Å². The summed E-state index contributed by atoms with van der Waals surface area (Å²) >= 11 is 1.15. The average Bonchev–Trinajstić information content (AvgIpc) is 2.95. The normalized spacial score (nSPS) is 10.1. The van der Waals surface area contributed by atoms with E-state index in [0.717, 1.165) is 17.4 Å². The summed E-state index contributed by atoms with van der Waals surface area (Å²) in [6.07, 6.45) is 0. The van der Waals surface area contributed by atoms with Gasteiger partial charge in [-0.25, -0.2) is 9.78 Å². The van der Waals surface area contributed by atoms with Crippen molar-refractivity contribution in [2.45, 2.75) is 13.8 Å². The number of aromatic nitrogens is 1. The summed E-state index contributed by atoms with van der Waals surface area (Å²) in [6, 6.07) is 4.99. The minimum Gasteiger partial charge on any atom is -0.451 e. The molecular weight excluding hydrogens is 364 g/mol. The van der Waals surface area contributed by atoms with Gasteiger partial charge in [0.2, 0.25) is 0 Å². The number of rotatable bonds is 5. The highest BCUT2D eigenvalue weighted by atomic mass is 32.1. The van der Waals surface area contributed by atoms with E-state index in [4.69, 9.17) is 4.74 Å². The second-order valence-corrected chi connectivity index (χ2v) is 6.24. The fourth-order valence-electron chi connectivity index (χ4n) is 1.91. The van der Waals surface area contributed by atoms with E-state index in [-0.39, 0.29) is 11.3 Å². The summed E-state index contributed by atoms with van der Waals surface area (Å²) < 4.78 is 4.85. The third-order valence-electron chi connectivity index (χ3n) is 3.06. The third-order valence-corrected chi connectivity index (χ3v) is 4.11. The van der Waals surface area contributed by atoms with E-state index in [1.807, 2.05) is 0 Å². The molecule has 0 aliphatic rings. The van der Waals surface area contributed by atoms with Crippen LogP contribution in [-0.4, -0.2) is 34.3 Å². The van der Waals surface area contributed by atoms with Gasteiger partial charge in [-0.05, 0) is 19.9 Å². The Balaban J connectivity index is 1.84. The lowest BCUT2D eigenvalue weighted by atomic mass is 10.2. The molecule has 0 atom stereocenters. The number of ether oxygens (including phenoxy) is 1. The molecule has 2 aromatic rings. The van der Waals surface area contributed by atoms with Crippen LogP contribution in [0.25, 0.3) is 0 Å². The van der Waals surface area contributed by atoms with Crippen LogP contribution in [0.15, 0.2) is 24.3 Å². The van der Waals surface area contributed by atoms with Gasteiger partial charge in [0, 0.05) is 17.7 Å². The highest BCUT2D eigenvalue weighted by Gasteiger charge is 2.17. The first-order valence-electron chi connectivity index (χ1n) is 7.22. The first-order valence-corrected chi connectivity index (χ1v) is 8.04. The second-order valence-electron chi connectivity index (χ2n) is 5.03. The number of carbonyl (C=O) groups is 3. The van der Waals surface area contributed by atoms with E-state index >= 15 is 0 Å². The number of esters is 1. The van der Waals surface area contributed by atoms with Crippen LogP contribution in [0.5, 0.6) is 0 Å². The molecule has 0 aliphatic heterocycles. The number of thiazole rings is 1. The van der Waals surface area contributed by atoms with E-state index in [9.17, 15) is 24.5 Å². The van der Waals surface area contributed by atoms with Crippen LogP contribution in [0.3, 0.4) is 0 Å². The molecule has 136 valence electrons. The van der Waals surface area contributed by atoms with Gasteiger partial charge in [-0.2, -0.15) is 0 Å². The summed E-state index contributed by atoms with van der Waals surface area (Å²) in [5.41, 5.74) is 4.39. The standard InChI is InChI=1S/C15H14N4O6S/c1-8-13(26-9(2)16-8)15(22)25-7-12(20)17-18-14(21)10-4-3-5-11(6-10)19(23)24/h3-6H,7H2,1-2H3,(H,17,20)(H,18,21). The molecule has 0 radical (unpaired) electrons. The number of amides is 2. The quantitative estimate of drug-likeness (QED) is 0.454. The van der Waals surface area contributed by atoms with Crippen molar-refractivity contribution in [3.8, 4) is 0 Å². The number of carbonyl (C=O) groups excluding carboxylic acids is 3. The van der Waals surface area contributed by atoms with Crippen LogP contribution in [-0.2, 0) is 9.53 Å². The maximum Gasteiger partial charge on any atom is 0.350 e. The van der Waals surface area contributed by atoms with Crippen LogP contribution >= 0.6 is 11.3 Å². The van der Waals surface area contributed by atoms with Gasteiger partial charge in [0.1, 0.15) is 4.88 Å². The van der Waals surface area contributed by atoms with Crippen LogP contribution < -0.4 is 10.9 Å². The number of nitro benzene ring substituents is 1. The highest BCUT2D eigenvalue weighted by molar-refractivity contribution is 7.13. The summed E-state index contributed by atoms with van der Waals surface area (Å²) in [5, 5.41) is 11.4. The van der Waals surface area contributed by atoms with E-state index in [1.165, 1.54) is 18.2 Å². The SMILES string of the molecule is Cc1nc(C)c(C(=O)OCC(=O)NNC(=O)c2cccc([N+](=O)[O-])c2)s1. The minimum absolute atomic E-state index is 0.00717. The molecule has 11 heteroatoms. The van der Waals surface area contributed by atoms with Crippen molar-refractivity contribution >= 4 is 34.8 Å². The van der Waals surface area contributed by atoms with E-state index in [1.54, 1.807) is 13.8 Å². The molecule has 2 rings (SSSR count). The van der Waals surface area contributed by atoms with Crippen LogP contribution in [0.1, 0.15) is 30.7 Å². The molecule has 0 fully saturated rings. The molecule has 1 aromatic heterocycles. The Hall–Kier alpha value is -3.34. The lowest BCUT2D eigenvalue weighted by molar-refractivity contribution is -0.384. The first kappa shape index (κ1) is 19.0. The van der Waals surface area contributed by atoms with Gasteiger partial charge in [-0.15, -0.1) is 11.3 Å². The predicted octanol–water partition coefficient (Wildman–Crippen LogP) is 1.29. The van der Waals surface area contributed by atoms with Gasteiger partial charge >= 0.3 is 5.97 Å². The van der Waals surface area contributed by atoms with Gasteiger partial charge in [0.25, 0.3) is 17.5 Å². The van der Waals surface area contributed by atoms with Gasteiger partial charge in [0.15, 0.2) is 6.61 Å². The van der Waals surface area contributed by atoms with E-state index in [2.05, 4.69) is 15.8 Å². The lowest BCUT2D eigenvalue weighted by Crippen LogP contribution is -2.43. The number of hydrogen-bond acceptors (Lipinski definition) is 8. The highest BCUT2D eigenvalue weighted by Crippen LogP contribution is 2.18.